The second-order valence-corrected chi connectivity index (χ2v) is 12.9. The minimum absolute atomic E-state index is 0.0291. The fourth-order valence-electron chi connectivity index (χ4n) is 5.03. The van der Waals surface area contributed by atoms with E-state index in [0.717, 1.165) is 51.4 Å². The zero-order chi connectivity index (χ0) is 36.8. The maximum atomic E-state index is 11.8. The van der Waals surface area contributed by atoms with Crippen LogP contribution in [0.2, 0.25) is 0 Å². The van der Waals surface area contributed by atoms with Crippen LogP contribution in [0.5, 0.6) is 0 Å². The zero-order valence-corrected chi connectivity index (χ0v) is 31.6. The summed E-state index contributed by atoms with van der Waals surface area (Å²) in [6.07, 6.45) is 21.7. The molecule has 0 aliphatic heterocycles. The van der Waals surface area contributed by atoms with Gasteiger partial charge in [-0.25, -0.2) is 4.79 Å². The lowest BCUT2D eigenvalue weighted by Gasteiger charge is -2.08. The summed E-state index contributed by atoms with van der Waals surface area (Å²) in [6.45, 7) is 6.34. The van der Waals surface area contributed by atoms with Gasteiger partial charge in [0.1, 0.15) is 0 Å². The van der Waals surface area contributed by atoms with Crippen molar-refractivity contribution < 1.29 is 52.4 Å². The maximum Gasteiger partial charge on any atom is 0.508 e. The van der Waals surface area contributed by atoms with E-state index in [4.69, 9.17) is 28.4 Å². The Bertz CT molecular complexity index is 780. The Morgan fingerprint density at radius 3 is 0.720 bits per heavy atom. The summed E-state index contributed by atoms with van der Waals surface area (Å²) in [5, 5.41) is 0. The van der Waals surface area contributed by atoms with Crippen molar-refractivity contribution >= 4 is 30.0 Å². The fourth-order valence-corrected chi connectivity index (χ4v) is 5.03. The summed E-state index contributed by atoms with van der Waals surface area (Å²) in [7, 11) is 0. The number of esters is 4. The van der Waals surface area contributed by atoms with Crippen LogP contribution < -0.4 is 0 Å². The van der Waals surface area contributed by atoms with Crippen LogP contribution in [0.1, 0.15) is 181 Å². The summed E-state index contributed by atoms with van der Waals surface area (Å²) in [6, 6.07) is 0. The van der Waals surface area contributed by atoms with E-state index in [1.165, 1.54) is 64.2 Å². The highest BCUT2D eigenvalue weighted by molar-refractivity contribution is 5.78. The molecule has 50 heavy (non-hydrogen) atoms. The molecule has 0 unspecified atom stereocenters. The smallest absolute Gasteiger partial charge is 0.466 e. The van der Waals surface area contributed by atoms with E-state index >= 15 is 0 Å². The molecule has 0 aromatic rings. The van der Waals surface area contributed by atoms with E-state index in [1.54, 1.807) is 0 Å². The van der Waals surface area contributed by atoms with Gasteiger partial charge >= 0.3 is 30.0 Å². The summed E-state index contributed by atoms with van der Waals surface area (Å²) in [4.78, 5) is 58.9. The molecule has 0 atom stereocenters. The lowest BCUT2D eigenvalue weighted by Crippen LogP contribution is -2.12. The third kappa shape index (κ3) is 36.4. The van der Waals surface area contributed by atoms with Gasteiger partial charge in [-0.05, 0) is 64.2 Å². The monoisotopic (exact) mass is 714 g/mol. The van der Waals surface area contributed by atoms with Crippen molar-refractivity contribution in [2.75, 3.05) is 39.6 Å². The molecule has 0 bridgehead atoms. The van der Waals surface area contributed by atoms with Crippen molar-refractivity contribution in [1.82, 2.24) is 0 Å². The van der Waals surface area contributed by atoms with Gasteiger partial charge in [-0.2, -0.15) is 0 Å². The molecule has 11 nitrogen and oxygen atoms in total. The third-order valence-corrected chi connectivity index (χ3v) is 8.13. The van der Waals surface area contributed by atoms with Gasteiger partial charge in [0.15, 0.2) is 0 Å². The first kappa shape index (κ1) is 47.1. The van der Waals surface area contributed by atoms with Gasteiger partial charge in [0, 0.05) is 0 Å². The number of ether oxygens (including phenoxy) is 6. The molecule has 0 N–H and O–H groups in total. The Hall–Kier alpha value is -2.85. The first-order valence-electron chi connectivity index (χ1n) is 19.8. The molecule has 0 radical (unpaired) electrons. The van der Waals surface area contributed by atoms with Crippen molar-refractivity contribution in [3.63, 3.8) is 0 Å². The predicted molar refractivity (Wildman–Crippen MR) is 193 cm³/mol. The second kappa shape index (κ2) is 37.4. The van der Waals surface area contributed by atoms with E-state index in [0.29, 0.717) is 52.1 Å². The molecule has 0 aliphatic rings. The van der Waals surface area contributed by atoms with Crippen LogP contribution in [0.25, 0.3) is 0 Å². The van der Waals surface area contributed by atoms with Crippen LogP contribution in [0.3, 0.4) is 0 Å². The maximum absolute atomic E-state index is 11.8. The second-order valence-electron chi connectivity index (χ2n) is 12.9. The average molecular weight is 715 g/mol. The van der Waals surface area contributed by atoms with E-state index < -0.39 is 18.1 Å². The van der Waals surface area contributed by atoms with Crippen molar-refractivity contribution in [1.29, 1.82) is 0 Å². The lowest BCUT2D eigenvalue weighted by molar-refractivity contribution is -0.150. The predicted octanol–water partition coefficient (Wildman–Crippen LogP) is 9.49. The Kier molecular flexibility index (Phi) is 35.3. The molecule has 0 aromatic carbocycles. The van der Waals surface area contributed by atoms with Crippen LogP contribution in [-0.2, 0) is 47.6 Å². The van der Waals surface area contributed by atoms with Crippen LogP contribution in [-0.4, -0.2) is 69.7 Å². The van der Waals surface area contributed by atoms with Crippen molar-refractivity contribution in [3.05, 3.63) is 0 Å². The van der Waals surface area contributed by atoms with Crippen LogP contribution in [0.4, 0.5) is 4.79 Å². The topological polar surface area (TPSA) is 141 Å². The Labute approximate surface area is 302 Å². The minimum atomic E-state index is -0.685. The van der Waals surface area contributed by atoms with Crippen LogP contribution in [0, 0.1) is 0 Å². The Morgan fingerprint density at radius 2 is 0.480 bits per heavy atom. The molecule has 0 saturated heterocycles. The molecule has 0 fully saturated rings. The third-order valence-electron chi connectivity index (χ3n) is 8.13. The summed E-state index contributed by atoms with van der Waals surface area (Å²) in [5.41, 5.74) is 0. The van der Waals surface area contributed by atoms with Crippen LogP contribution in [0.15, 0.2) is 0 Å². The van der Waals surface area contributed by atoms with E-state index in [-0.39, 0.29) is 50.8 Å². The van der Waals surface area contributed by atoms with Gasteiger partial charge in [0.25, 0.3) is 0 Å². The molecule has 0 heterocycles. The van der Waals surface area contributed by atoms with Crippen molar-refractivity contribution in [3.8, 4) is 0 Å². The lowest BCUT2D eigenvalue weighted by atomic mass is 10.1. The molecule has 292 valence electrons. The number of carbonyl (C=O) groups excluding carboxylic acids is 5. The number of carbonyl (C=O) groups is 5. The molecule has 0 spiro atoms. The summed E-state index contributed by atoms with van der Waals surface area (Å²) < 4.78 is 30.9. The Morgan fingerprint density at radius 1 is 0.280 bits per heavy atom. The van der Waals surface area contributed by atoms with Gasteiger partial charge in [-0.3, -0.25) is 19.2 Å². The van der Waals surface area contributed by atoms with Gasteiger partial charge in [-0.15, -0.1) is 0 Å². The van der Waals surface area contributed by atoms with Crippen LogP contribution >= 0.6 is 0 Å². The first-order valence-corrected chi connectivity index (χ1v) is 19.8. The highest BCUT2D eigenvalue weighted by Crippen LogP contribution is 2.09. The van der Waals surface area contributed by atoms with Crippen molar-refractivity contribution in [2.45, 2.75) is 181 Å². The molecule has 0 saturated carbocycles. The summed E-state index contributed by atoms with van der Waals surface area (Å²) in [5.74, 6) is -1.51. The van der Waals surface area contributed by atoms with Gasteiger partial charge in [-0.1, -0.05) is 90.9 Å². The highest BCUT2D eigenvalue weighted by Gasteiger charge is 2.11. The molecular formula is C39H70O11. The highest BCUT2D eigenvalue weighted by atomic mass is 16.7. The molecule has 0 aliphatic carbocycles. The standard InChI is InChI=1S/C39H70O11/c1-3-5-7-9-11-13-19-29-45-35(40)25-27-37(42)47-31-21-15-17-23-33-49-39(44)50-34-24-18-16-22-32-48-38(43)28-26-36(41)46-30-20-14-12-10-8-6-4-2/h3-34H2,1-2H3. The van der Waals surface area contributed by atoms with E-state index in [1.807, 2.05) is 0 Å². The van der Waals surface area contributed by atoms with Gasteiger partial charge in [0.2, 0.25) is 0 Å². The normalized spacial score (nSPS) is 10.8. The van der Waals surface area contributed by atoms with Crippen molar-refractivity contribution in [2.24, 2.45) is 0 Å². The fraction of sp³-hybridized carbons (Fsp3) is 0.872. The number of unbranched alkanes of at least 4 members (excludes halogenated alkanes) is 18. The first-order chi connectivity index (χ1) is 24.4. The van der Waals surface area contributed by atoms with Gasteiger partial charge in [0.05, 0.1) is 65.3 Å². The number of hydrogen-bond donors (Lipinski definition) is 0. The number of rotatable bonds is 36. The SMILES string of the molecule is CCCCCCCCCOC(=O)CCC(=O)OCCCCCCOC(=O)OCCCCCCOC(=O)CCC(=O)OCCCCCCCCC. The number of hydrogen-bond acceptors (Lipinski definition) is 11. The van der Waals surface area contributed by atoms with E-state index in [9.17, 15) is 24.0 Å². The largest absolute Gasteiger partial charge is 0.508 e. The molecule has 0 rings (SSSR count). The van der Waals surface area contributed by atoms with Gasteiger partial charge < -0.3 is 28.4 Å². The molecule has 0 aromatic heterocycles. The quantitative estimate of drug-likeness (QED) is 0.0348. The van der Waals surface area contributed by atoms with E-state index in [2.05, 4.69) is 13.8 Å². The molecular weight excluding hydrogens is 644 g/mol. The average Bonchev–Trinajstić information content (AvgIpc) is 3.10. The summed E-state index contributed by atoms with van der Waals surface area (Å²) >= 11 is 0. The minimum Gasteiger partial charge on any atom is -0.466 e. The Balaban J connectivity index is 3.44. The molecule has 0 amide bonds. The molecule has 11 heteroatoms. The zero-order valence-electron chi connectivity index (χ0n) is 31.6.